The minimum absolute atomic E-state index is 0.0210. The summed E-state index contributed by atoms with van der Waals surface area (Å²) in [5, 5.41) is 0.660. The van der Waals surface area contributed by atoms with Crippen molar-refractivity contribution in [1.29, 1.82) is 0 Å². The quantitative estimate of drug-likeness (QED) is 0.445. The lowest BCUT2D eigenvalue weighted by Crippen LogP contribution is -2.62. The van der Waals surface area contributed by atoms with Gasteiger partial charge in [-0.1, -0.05) is 30.3 Å². The van der Waals surface area contributed by atoms with Crippen molar-refractivity contribution in [3.05, 3.63) is 70.1 Å². The molecule has 4 atom stereocenters. The first-order valence-electron chi connectivity index (χ1n) is 10.9. The maximum Gasteiger partial charge on any atom is 0.509 e. The predicted octanol–water partition coefficient (Wildman–Crippen LogP) is 3.40. The van der Waals surface area contributed by atoms with Crippen LogP contribution in [0.1, 0.15) is 25.0 Å². The highest BCUT2D eigenvalue weighted by molar-refractivity contribution is 5.84. The molecule has 9 nitrogen and oxygen atoms in total. The van der Waals surface area contributed by atoms with Crippen LogP contribution in [0.15, 0.2) is 57.7 Å². The van der Waals surface area contributed by atoms with Crippen molar-refractivity contribution in [3.63, 3.8) is 0 Å². The van der Waals surface area contributed by atoms with Gasteiger partial charge in [0, 0.05) is 24.5 Å². The van der Waals surface area contributed by atoms with Crippen molar-refractivity contribution >= 4 is 22.8 Å². The summed E-state index contributed by atoms with van der Waals surface area (Å²) in [4.78, 5) is 24.2. The molecule has 178 valence electrons. The van der Waals surface area contributed by atoms with Crippen LogP contribution < -0.4 is 16.1 Å². The number of rotatable bonds is 5. The van der Waals surface area contributed by atoms with Crippen molar-refractivity contribution in [2.45, 2.75) is 50.5 Å². The third kappa shape index (κ3) is 3.86. The molecule has 0 aliphatic carbocycles. The summed E-state index contributed by atoms with van der Waals surface area (Å²) in [7, 11) is 1.52. The molecular weight excluding hydrogens is 442 g/mol. The first-order chi connectivity index (χ1) is 16.3. The number of nitrogen functional groups attached to an aromatic ring is 1. The largest absolute Gasteiger partial charge is 0.509 e. The number of hydrogen-bond acceptors (Lipinski definition) is 9. The summed E-state index contributed by atoms with van der Waals surface area (Å²) in [6.07, 6.45) is -3.47. The summed E-state index contributed by atoms with van der Waals surface area (Å²) in [6, 6.07) is 14.8. The van der Waals surface area contributed by atoms with Gasteiger partial charge in [0.15, 0.2) is 6.10 Å². The molecule has 3 aromatic rings. The van der Waals surface area contributed by atoms with Crippen LogP contribution >= 0.6 is 0 Å². The van der Waals surface area contributed by atoms with Gasteiger partial charge in [-0.25, -0.2) is 9.59 Å². The van der Waals surface area contributed by atoms with E-state index in [1.54, 1.807) is 18.2 Å². The van der Waals surface area contributed by atoms with Crippen molar-refractivity contribution in [2.75, 3.05) is 12.8 Å². The Bertz CT molecular complexity index is 1290. The molecule has 1 aromatic heterocycles. The molecule has 2 aliphatic rings. The average molecular weight is 467 g/mol. The molecule has 2 aliphatic heterocycles. The summed E-state index contributed by atoms with van der Waals surface area (Å²) >= 11 is 0. The SMILES string of the molecule is CO[C@@H]1[C@H]2OC(=O)O[C@H]2[C@H](Oc2ccc3cc(N)c(=O)oc3c2Cc2ccccc2)OC1(C)C. The third-order valence-electron chi connectivity index (χ3n) is 6.17. The zero-order valence-corrected chi connectivity index (χ0v) is 19.0. The molecule has 0 spiro atoms. The van der Waals surface area contributed by atoms with Crippen LogP contribution in [0, 0.1) is 0 Å². The Kier molecular flexibility index (Phi) is 5.45. The van der Waals surface area contributed by atoms with Gasteiger partial charge >= 0.3 is 11.8 Å². The molecule has 2 saturated heterocycles. The highest BCUT2D eigenvalue weighted by Gasteiger charge is 2.59. The average Bonchev–Trinajstić information content (AvgIpc) is 3.18. The Labute approximate surface area is 195 Å². The molecule has 0 amide bonds. The number of benzene rings is 2. The molecular formula is C25H25NO8. The van der Waals surface area contributed by atoms with E-state index in [2.05, 4.69) is 0 Å². The third-order valence-corrected chi connectivity index (χ3v) is 6.17. The molecule has 5 rings (SSSR count). The second-order valence-electron chi connectivity index (χ2n) is 8.89. The molecule has 2 fully saturated rings. The van der Waals surface area contributed by atoms with E-state index in [1.807, 2.05) is 44.2 Å². The predicted molar refractivity (Wildman–Crippen MR) is 122 cm³/mol. The number of anilines is 1. The van der Waals surface area contributed by atoms with E-state index >= 15 is 0 Å². The monoisotopic (exact) mass is 467 g/mol. The van der Waals surface area contributed by atoms with E-state index in [4.69, 9.17) is 33.8 Å². The van der Waals surface area contributed by atoms with Crippen molar-refractivity contribution in [3.8, 4) is 5.75 Å². The van der Waals surface area contributed by atoms with Crippen LogP contribution in [0.3, 0.4) is 0 Å². The van der Waals surface area contributed by atoms with E-state index in [0.29, 0.717) is 28.7 Å². The van der Waals surface area contributed by atoms with Gasteiger partial charge in [-0.2, -0.15) is 0 Å². The Morgan fingerprint density at radius 3 is 2.50 bits per heavy atom. The Morgan fingerprint density at radius 2 is 1.76 bits per heavy atom. The topological polar surface area (TPSA) is 119 Å². The lowest BCUT2D eigenvalue weighted by Gasteiger charge is -2.45. The van der Waals surface area contributed by atoms with Crippen molar-refractivity contribution < 1.29 is 32.9 Å². The van der Waals surface area contributed by atoms with Gasteiger partial charge < -0.3 is 33.8 Å². The highest BCUT2D eigenvalue weighted by Crippen LogP contribution is 2.40. The lowest BCUT2D eigenvalue weighted by molar-refractivity contribution is -0.282. The second kappa shape index (κ2) is 8.34. The second-order valence-corrected chi connectivity index (χ2v) is 8.89. The van der Waals surface area contributed by atoms with Gasteiger partial charge in [0.2, 0.25) is 12.4 Å². The summed E-state index contributed by atoms with van der Waals surface area (Å²) < 4.78 is 34.4. The van der Waals surface area contributed by atoms with Crippen LogP contribution in [0.25, 0.3) is 11.0 Å². The van der Waals surface area contributed by atoms with Gasteiger partial charge in [0.05, 0.1) is 5.60 Å². The molecule has 3 heterocycles. The fourth-order valence-electron chi connectivity index (χ4n) is 4.61. The number of fused-ring (bicyclic) bond motifs is 2. The van der Waals surface area contributed by atoms with Gasteiger partial charge in [-0.05, 0) is 37.6 Å². The van der Waals surface area contributed by atoms with Crippen LogP contribution in [0.2, 0.25) is 0 Å². The first-order valence-corrected chi connectivity index (χ1v) is 10.9. The number of methoxy groups -OCH3 is 1. The minimum Gasteiger partial charge on any atom is -0.460 e. The van der Waals surface area contributed by atoms with E-state index in [0.717, 1.165) is 5.56 Å². The molecule has 2 N–H and O–H groups in total. The molecule has 9 heteroatoms. The fourth-order valence-corrected chi connectivity index (χ4v) is 4.61. The summed E-state index contributed by atoms with van der Waals surface area (Å²) in [6.45, 7) is 3.65. The minimum atomic E-state index is -0.981. The standard InChI is InChI=1S/C25H25NO8/c1-25(2)21(29-3)19-20(33-24(28)32-19)23(34-25)30-17-10-9-14-12-16(26)22(27)31-18(14)15(17)11-13-7-5-4-6-8-13/h4-10,12,19-21,23H,11,26H2,1-3H3/t19-,20+,21+,23+/m0/s1. The number of nitrogens with two attached hydrogens (primary N) is 1. The van der Waals surface area contributed by atoms with Gasteiger partial charge in [0.1, 0.15) is 23.1 Å². The normalized spacial score (nSPS) is 25.4. The lowest BCUT2D eigenvalue weighted by atomic mass is 9.89. The van der Waals surface area contributed by atoms with Gasteiger partial charge in [-0.3, -0.25) is 0 Å². The highest BCUT2D eigenvalue weighted by atomic mass is 16.8. The number of carbonyl (C=O) groups is 1. The molecule has 0 radical (unpaired) electrons. The zero-order valence-electron chi connectivity index (χ0n) is 19.0. The number of carbonyl (C=O) groups excluding carboxylic acids is 1. The summed E-state index contributed by atoms with van der Waals surface area (Å²) in [5.41, 5.74) is 6.31. The van der Waals surface area contributed by atoms with E-state index in [9.17, 15) is 9.59 Å². The van der Waals surface area contributed by atoms with Gasteiger partial charge in [0.25, 0.3) is 0 Å². The Balaban J connectivity index is 1.58. The first kappa shape index (κ1) is 22.2. The van der Waals surface area contributed by atoms with Crippen molar-refractivity contribution in [1.82, 2.24) is 0 Å². The molecule has 0 saturated carbocycles. The maximum absolute atomic E-state index is 12.2. The van der Waals surface area contributed by atoms with Crippen LogP contribution in [0.4, 0.5) is 10.5 Å². The Morgan fingerprint density at radius 1 is 1.03 bits per heavy atom. The van der Waals surface area contributed by atoms with E-state index in [1.165, 1.54) is 7.11 Å². The smallest absolute Gasteiger partial charge is 0.460 e. The number of hydrogen-bond donors (Lipinski definition) is 1. The zero-order chi connectivity index (χ0) is 24.0. The van der Waals surface area contributed by atoms with E-state index < -0.39 is 42.0 Å². The molecule has 0 unspecified atom stereocenters. The van der Waals surface area contributed by atoms with Gasteiger partial charge in [-0.15, -0.1) is 0 Å². The maximum atomic E-state index is 12.2. The summed E-state index contributed by atoms with van der Waals surface area (Å²) in [5.74, 6) is 0.419. The Hall–Kier alpha value is -3.56. The molecule has 34 heavy (non-hydrogen) atoms. The fraction of sp³-hybridized carbons (Fsp3) is 0.360. The van der Waals surface area contributed by atoms with Crippen LogP contribution in [-0.2, 0) is 25.4 Å². The van der Waals surface area contributed by atoms with Crippen LogP contribution in [0.5, 0.6) is 5.75 Å². The number of ether oxygens (including phenoxy) is 5. The molecule has 0 bridgehead atoms. The van der Waals surface area contributed by atoms with E-state index in [-0.39, 0.29) is 5.69 Å². The molecule has 2 aromatic carbocycles. The van der Waals surface area contributed by atoms with Crippen molar-refractivity contribution in [2.24, 2.45) is 0 Å². The van der Waals surface area contributed by atoms with Crippen LogP contribution in [-0.4, -0.2) is 43.5 Å².